The number of hydrogen-bond donors (Lipinski definition) is 4. The van der Waals surface area contributed by atoms with Gasteiger partial charge < -0.3 is 21.5 Å². The Hall–Kier alpha value is -1.44. The van der Waals surface area contributed by atoms with Crippen molar-refractivity contribution < 1.29 is 19.5 Å². The summed E-state index contributed by atoms with van der Waals surface area (Å²) in [7, 11) is 0. The highest BCUT2D eigenvalue weighted by Crippen LogP contribution is 2.03. The maximum Gasteiger partial charge on any atom is 0.312 e. The molecule has 0 aliphatic heterocycles. The van der Waals surface area contributed by atoms with E-state index in [1.165, 1.54) is 0 Å². The van der Waals surface area contributed by atoms with Gasteiger partial charge in [0.05, 0.1) is 0 Å². The fourth-order valence-corrected chi connectivity index (χ4v) is 2.24. The van der Waals surface area contributed by atoms with Gasteiger partial charge in [0.15, 0.2) is 0 Å². The Morgan fingerprint density at radius 2 is 1.86 bits per heavy atom. The second kappa shape index (κ2) is 12.3. The number of carboxylic acid groups (broad SMARTS) is 1. The summed E-state index contributed by atoms with van der Waals surface area (Å²) >= 11 is 1.59. The molecule has 1 unspecified atom stereocenters. The van der Waals surface area contributed by atoms with E-state index >= 15 is 0 Å². The Labute approximate surface area is 129 Å². The minimum absolute atomic E-state index is 0.186. The third kappa shape index (κ3) is 12.0. The summed E-state index contributed by atoms with van der Waals surface area (Å²) in [5, 5.41) is 13.7. The number of amides is 3. The number of aliphatic carboxylic acids is 1. The van der Waals surface area contributed by atoms with E-state index in [-0.39, 0.29) is 12.3 Å². The molecule has 0 fully saturated rings. The van der Waals surface area contributed by atoms with Gasteiger partial charge in [-0.15, -0.1) is 0 Å². The average molecular weight is 319 g/mol. The highest BCUT2D eigenvalue weighted by molar-refractivity contribution is 7.98. The summed E-state index contributed by atoms with van der Waals surface area (Å²) < 4.78 is 0. The van der Waals surface area contributed by atoms with Crippen LogP contribution < -0.4 is 16.4 Å². The van der Waals surface area contributed by atoms with Crippen molar-refractivity contribution in [3.8, 4) is 0 Å². The van der Waals surface area contributed by atoms with E-state index in [0.29, 0.717) is 19.4 Å². The van der Waals surface area contributed by atoms with Gasteiger partial charge in [0.1, 0.15) is 6.04 Å². The SMILES string of the molecule is CSCCC(NC(N)=O)C(=O)NCCCCCCC(=O)O. The first-order chi connectivity index (χ1) is 9.97. The number of carboxylic acids is 1. The van der Waals surface area contributed by atoms with Crippen molar-refractivity contribution in [2.45, 2.75) is 44.6 Å². The van der Waals surface area contributed by atoms with Crippen LogP contribution in [0.1, 0.15) is 38.5 Å². The zero-order chi connectivity index (χ0) is 16.1. The fraction of sp³-hybridized carbons (Fsp3) is 0.769. The number of rotatable bonds is 12. The van der Waals surface area contributed by atoms with Crippen LogP contribution in [0.25, 0.3) is 0 Å². The van der Waals surface area contributed by atoms with Crippen molar-refractivity contribution in [2.75, 3.05) is 18.6 Å². The van der Waals surface area contributed by atoms with Crippen LogP contribution in [0, 0.1) is 0 Å². The molecule has 7 nitrogen and oxygen atoms in total. The van der Waals surface area contributed by atoms with E-state index in [9.17, 15) is 14.4 Å². The lowest BCUT2D eigenvalue weighted by atomic mass is 10.1. The second-order valence-corrected chi connectivity index (χ2v) is 5.68. The molecular weight excluding hydrogens is 294 g/mol. The molecule has 0 saturated carbocycles. The molecule has 0 spiro atoms. The van der Waals surface area contributed by atoms with Crippen LogP contribution in [-0.4, -0.2) is 47.6 Å². The topological polar surface area (TPSA) is 122 Å². The quantitative estimate of drug-likeness (QED) is 0.399. The maximum atomic E-state index is 11.9. The van der Waals surface area contributed by atoms with Crippen molar-refractivity contribution in [3.05, 3.63) is 0 Å². The van der Waals surface area contributed by atoms with Gasteiger partial charge >= 0.3 is 12.0 Å². The number of carbonyl (C=O) groups is 3. The van der Waals surface area contributed by atoms with Crippen molar-refractivity contribution in [2.24, 2.45) is 5.73 Å². The van der Waals surface area contributed by atoms with Crippen LogP contribution >= 0.6 is 11.8 Å². The third-order valence-electron chi connectivity index (χ3n) is 2.86. The maximum absolute atomic E-state index is 11.9. The lowest BCUT2D eigenvalue weighted by molar-refractivity contribution is -0.137. The Morgan fingerprint density at radius 3 is 2.43 bits per heavy atom. The summed E-state index contributed by atoms with van der Waals surface area (Å²) in [5.74, 6) is -0.251. The number of unbranched alkanes of at least 4 members (excludes halogenated alkanes) is 3. The molecule has 0 aliphatic rings. The molecule has 21 heavy (non-hydrogen) atoms. The molecule has 0 radical (unpaired) electrons. The molecule has 0 rings (SSSR count). The summed E-state index contributed by atoms with van der Waals surface area (Å²) in [5.41, 5.74) is 5.05. The van der Waals surface area contributed by atoms with E-state index < -0.39 is 18.0 Å². The van der Waals surface area contributed by atoms with E-state index in [1.54, 1.807) is 11.8 Å². The Kier molecular flexibility index (Phi) is 11.5. The number of thioether (sulfide) groups is 1. The van der Waals surface area contributed by atoms with Crippen molar-refractivity contribution in [1.82, 2.24) is 10.6 Å². The van der Waals surface area contributed by atoms with Gasteiger partial charge in [0, 0.05) is 13.0 Å². The van der Waals surface area contributed by atoms with E-state index in [4.69, 9.17) is 10.8 Å². The Bertz CT molecular complexity index is 339. The Balaban J connectivity index is 3.81. The van der Waals surface area contributed by atoms with Crippen molar-refractivity contribution >= 4 is 29.7 Å². The normalized spacial score (nSPS) is 11.7. The first-order valence-electron chi connectivity index (χ1n) is 7.01. The first kappa shape index (κ1) is 19.6. The molecule has 0 aromatic heterocycles. The van der Waals surface area contributed by atoms with Gasteiger partial charge in [0.25, 0.3) is 0 Å². The van der Waals surface area contributed by atoms with E-state index in [0.717, 1.165) is 25.0 Å². The molecule has 8 heteroatoms. The summed E-state index contributed by atoms with van der Waals surface area (Å²) in [6.45, 7) is 0.516. The van der Waals surface area contributed by atoms with Gasteiger partial charge in [-0.1, -0.05) is 12.8 Å². The molecule has 0 bridgehead atoms. The van der Waals surface area contributed by atoms with E-state index in [1.807, 2.05) is 6.26 Å². The molecule has 0 heterocycles. The highest BCUT2D eigenvalue weighted by Gasteiger charge is 2.18. The largest absolute Gasteiger partial charge is 0.481 e. The molecule has 0 aromatic rings. The monoisotopic (exact) mass is 319 g/mol. The lowest BCUT2D eigenvalue weighted by Gasteiger charge is -2.16. The van der Waals surface area contributed by atoms with Crippen molar-refractivity contribution in [3.63, 3.8) is 0 Å². The van der Waals surface area contributed by atoms with Crippen LogP contribution in [0.2, 0.25) is 0 Å². The van der Waals surface area contributed by atoms with Gasteiger partial charge in [-0.05, 0) is 31.3 Å². The summed E-state index contributed by atoms with van der Waals surface area (Å²) in [6.07, 6.45) is 5.79. The van der Waals surface area contributed by atoms with Crippen LogP contribution in [0.3, 0.4) is 0 Å². The standard InChI is InChI=1S/C13H25N3O4S/c1-21-9-7-10(16-13(14)20)12(19)15-8-5-3-2-4-6-11(17)18/h10H,2-9H2,1H3,(H,15,19)(H,17,18)(H3,14,16,20). The molecular formula is C13H25N3O4S. The molecule has 1 atom stereocenters. The number of nitrogens with two attached hydrogens (primary N) is 1. The zero-order valence-electron chi connectivity index (χ0n) is 12.4. The average Bonchev–Trinajstić information content (AvgIpc) is 2.41. The van der Waals surface area contributed by atoms with Crippen LogP contribution in [0.15, 0.2) is 0 Å². The van der Waals surface area contributed by atoms with Crippen molar-refractivity contribution in [1.29, 1.82) is 0 Å². The predicted octanol–water partition coefficient (Wildman–Crippen LogP) is 0.928. The fourth-order valence-electron chi connectivity index (χ4n) is 1.77. The predicted molar refractivity (Wildman–Crippen MR) is 83.2 cm³/mol. The molecule has 3 amide bonds. The summed E-state index contributed by atoms with van der Waals surface area (Å²) in [6, 6.07) is -1.30. The molecule has 0 aliphatic carbocycles. The number of urea groups is 1. The van der Waals surface area contributed by atoms with Gasteiger partial charge in [0.2, 0.25) is 5.91 Å². The number of nitrogens with one attached hydrogen (secondary N) is 2. The van der Waals surface area contributed by atoms with Gasteiger partial charge in [-0.3, -0.25) is 9.59 Å². The minimum atomic E-state index is -0.780. The molecule has 122 valence electrons. The molecule has 5 N–H and O–H groups in total. The summed E-state index contributed by atoms with van der Waals surface area (Å²) in [4.78, 5) is 33.1. The second-order valence-electron chi connectivity index (χ2n) is 4.69. The number of carbonyl (C=O) groups excluding carboxylic acids is 2. The van der Waals surface area contributed by atoms with Crippen LogP contribution in [0.4, 0.5) is 4.79 Å². The lowest BCUT2D eigenvalue weighted by Crippen LogP contribution is -2.49. The molecule has 0 aromatic carbocycles. The zero-order valence-corrected chi connectivity index (χ0v) is 13.2. The highest BCUT2D eigenvalue weighted by atomic mass is 32.2. The first-order valence-corrected chi connectivity index (χ1v) is 8.41. The third-order valence-corrected chi connectivity index (χ3v) is 3.50. The van der Waals surface area contributed by atoms with Gasteiger partial charge in [-0.2, -0.15) is 11.8 Å². The Morgan fingerprint density at radius 1 is 1.19 bits per heavy atom. The minimum Gasteiger partial charge on any atom is -0.481 e. The van der Waals surface area contributed by atoms with E-state index in [2.05, 4.69) is 10.6 Å². The molecule has 0 saturated heterocycles. The van der Waals surface area contributed by atoms with Gasteiger partial charge in [-0.25, -0.2) is 4.79 Å². The number of hydrogen-bond acceptors (Lipinski definition) is 4. The van der Waals surface area contributed by atoms with Crippen LogP contribution in [-0.2, 0) is 9.59 Å². The smallest absolute Gasteiger partial charge is 0.312 e. The van der Waals surface area contributed by atoms with Crippen LogP contribution in [0.5, 0.6) is 0 Å². The number of primary amides is 1.